The summed E-state index contributed by atoms with van der Waals surface area (Å²) in [6, 6.07) is 12.1. The highest BCUT2D eigenvalue weighted by atomic mass is 16.5. The quantitative estimate of drug-likeness (QED) is 0.569. The van der Waals surface area contributed by atoms with E-state index in [-0.39, 0.29) is 16.9 Å². The number of rotatable bonds is 5. The molecular formula is C26H28N4O4. The molecule has 34 heavy (non-hydrogen) atoms. The van der Waals surface area contributed by atoms with Gasteiger partial charge in [0.1, 0.15) is 11.8 Å². The number of aromatic hydroxyl groups is 1. The smallest absolute Gasteiger partial charge is 0.226 e. The summed E-state index contributed by atoms with van der Waals surface area (Å²) in [6.07, 6.45) is 1.19. The number of methoxy groups -OCH3 is 1. The minimum atomic E-state index is -0.460. The van der Waals surface area contributed by atoms with Crippen LogP contribution in [0.4, 0.5) is 5.95 Å². The molecule has 3 aromatic rings. The lowest BCUT2D eigenvalue weighted by molar-refractivity contribution is -0.118. The van der Waals surface area contributed by atoms with Gasteiger partial charge in [-0.25, -0.2) is 4.68 Å². The van der Waals surface area contributed by atoms with Crippen molar-refractivity contribution in [1.82, 2.24) is 14.8 Å². The van der Waals surface area contributed by atoms with Crippen LogP contribution in [0, 0.1) is 5.41 Å². The fourth-order valence-electron chi connectivity index (χ4n) is 4.81. The highest BCUT2D eigenvalue weighted by Crippen LogP contribution is 2.46. The highest BCUT2D eigenvalue weighted by Gasteiger charge is 2.42. The molecule has 2 aliphatic rings. The summed E-state index contributed by atoms with van der Waals surface area (Å²) in [7, 11) is 1.60. The molecule has 1 aliphatic carbocycles. The van der Waals surface area contributed by atoms with Gasteiger partial charge in [0.2, 0.25) is 5.95 Å². The number of fused-ring (bicyclic) bond motifs is 1. The van der Waals surface area contributed by atoms with Gasteiger partial charge in [0, 0.05) is 23.3 Å². The minimum Gasteiger partial charge on any atom is -0.508 e. The van der Waals surface area contributed by atoms with E-state index in [1.165, 1.54) is 0 Å². The zero-order valence-electron chi connectivity index (χ0n) is 19.8. The number of Topliss-reactive ketones (excluding diaryl/α,β-unsaturated/α-hetero) is 1. The molecular weight excluding hydrogens is 432 g/mol. The molecule has 2 heterocycles. The van der Waals surface area contributed by atoms with Crippen molar-refractivity contribution in [3.05, 3.63) is 59.3 Å². The first-order valence-electron chi connectivity index (χ1n) is 11.4. The Labute approximate surface area is 198 Å². The topological polar surface area (TPSA) is 98.5 Å². The van der Waals surface area contributed by atoms with E-state index < -0.39 is 6.04 Å². The van der Waals surface area contributed by atoms with Crippen molar-refractivity contribution >= 4 is 11.7 Å². The Balaban J connectivity index is 1.68. The summed E-state index contributed by atoms with van der Waals surface area (Å²) in [5, 5.41) is 18.1. The number of ketones is 1. The second-order valence-electron chi connectivity index (χ2n) is 9.46. The average molecular weight is 461 g/mol. The van der Waals surface area contributed by atoms with E-state index in [0.29, 0.717) is 47.4 Å². The lowest BCUT2D eigenvalue weighted by atomic mass is 9.73. The number of allylic oxidation sites excluding steroid dienone is 2. The molecule has 0 spiro atoms. The van der Waals surface area contributed by atoms with Gasteiger partial charge in [-0.15, -0.1) is 5.10 Å². The molecule has 2 aromatic carbocycles. The fourth-order valence-corrected chi connectivity index (χ4v) is 4.81. The number of phenols is 1. The third-order valence-electron chi connectivity index (χ3n) is 6.24. The number of hydrogen-bond acceptors (Lipinski definition) is 7. The van der Waals surface area contributed by atoms with Crippen molar-refractivity contribution in [3.8, 4) is 28.6 Å². The molecule has 1 unspecified atom stereocenters. The third kappa shape index (κ3) is 3.79. The number of nitrogens with zero attached hydrogens (tertiary/aromatic N) is 3. The van der Waals surface area contributed by atoms with Crippen LogP contribution in [0.15, 0.2) is 53.7 Å². The van der Waals surface area contributed by atoms with E-state index in [9.17, 15) is 9.90 Å². The van der Waals surface area contributed by atoms with Crippen molar-refractivity contribution in [2.75, 3.05) is 19.0 Å². The lowest BCUT2D eigenvalue weighted by Gasteiger charge is -2.38. The SMILES string of the molecule is CCOc1ccc(C2C3=C(CC(C)(C)CC3=O)Nc3nc(-c4cccc(O)c4)nn32)cc1OC. The zero-order chi connectivity index (χ0) is 24.0. The maximum absolute atomic E-state index is 13.4. The molecule has 0 bridgehead atoms. The second-order valence-corrected chi connectivity index (χ2v) is 9.46. The number of aromatic nitrogens is 3. The maximum atomic E-state index is 13.4. The molecule has 5 rings (SSSR count). The van der Waals surface area contributed by atoms with E-state index in [4.69, 9.17) is 19.6 Å². The molecule has 1 atom stereocenters. The van der Waals surface area contributed by atoms with E-state index in [2.05, 4.69) is 19.2 Å². The molecule has 0 saturated heterocycles. The van der Waals surface area contributed by atoms with E-state index in [1.807, 2.05) is 31.2 Å². The van der Waals surface area contributed by atoms with Crippen LogP contribution in [0.25, 0.3) is 11.4 Å². The Hall–Kier alpha value is -3.81. The summed E-state index contributed by atoms with van der Waals surface area (Å²) < 4.78 is 13.0. The van der Waals surface area contributed by atoms with Crippen LogP contribution in [0.5, 0.6) is 17.2 Å². The van der Waals surface area contributed by atoms with Gasteiger partial charge in [-0.3, -0.25) is 4.79 Å². The van der Waals surface area contributed by atoms with Gasteiger partial charge in [-0.05, 0) is 48.6 Å². The van der Waals surface area contributed by atoms with Gasteiger partial charge in [-0.1, -0.05) is 32.0 Å². The van der Waals surface area contributed by atoms with Gasteiger partial charge in [0.05, 0.1) is 13.7 Å². The molecule has 0 amide bonds. The minimum absolute atomic E-state index is 0.0941. The Kier molecular flexibility index (Phi) is 5.31. The van der Waals surface area contributed by atoms with Gasteiger partial charge < -0.3 is 19.9 Å². The van der Waals surface area contributed by atoms with Crippen molar-refractivity contribution < 1.29 is 19.4 Å². The molecule has 0 radical (unpaired) electrons. The van der Waals surface area contributed by atoms with Crippen LogP contribution < -0.4 is 14.8 Å². The molecule has 8 nitrogen and oxygen atoms in total. The Morgan fingerprint density at radius 2 is 2.00 bits per heavy atom. The molecule has 1 aliphatic heterocycles. The van der Waals surface area contributed by atoms with Crippen LogP contribution in [-0.2, 0) is 4.79 Å². The fraction of sp³-hybridized carbons (Fsp3) is 0.346. The van der Waals surface area contributed by atoms with E-state index >= 15 is 0 Å². The second kappa shape index (κ2) is 8.20. The number of carbonyl (C=O) groups excluding carboxylic acids is 1. The average Bonchev–Trinajstić information content (AvgIpc) is 3.21. The summed E-state index contributed by atoms with van der Waals surface area (Å²) >= 11 is 0. The Morgan fingerprint density at radius 1 is 1.18 bits per heavy atom. The molecule has 0 fully saturated rings. The van der Waals surface area contributed by atoms with Gasteiger partial charge in [-0.2, -0.15) is 4.98 Å². The number of nitrogens with one attached hydrogen (secondary N) is 1. The van der Waals surface area contributed by atoms with Crippen LogP contribution >= 0.6 is 0 Å². The number of ether oxygens (including phenoxy) is 2. The van der Waals surface area contributed by atoms with Crippen molar-refractivity contribution in [3.63, 3.8) is 0 Å². The van der Waals surface area contributed by atoms with E-state index in [0.717, 1.165) is 17.7 Å². The standard InChI is InChI=1S/C26H28N4O4/c1-5-34-20-10-9-15(12-21(20)33-4)23-22-18(13-26(2,3)14-19(22)32)27-25-28-24(29-30(23)25)16-7-6-8-17(31)11-16/h6-12,23,31H,5,13-14H2,1-4H3,(H,27,28,29). The molecule has 2 N–H and O–H groups in total. The predicted molar refractivity (Wildman–Crippen MR) is 128 cm³/mol. The normalized spacial score (nSPS) is 18.7. The number of benzene rings is 2. The number of phenolic OH excluding ortho intramolecular Hbond substituents is 1. The molecule has 8 heteroatoms. The van der Waals surface area contributed by atoms with Crippen molar-refractivity contribution in [2.45, 2.75) is 39.7 Å². The predicted octanol–water partition coefficient (Wildman–Crippen LogP) is 4.72. The Morgan fingerprint density at radius 3 is 2.74 bits per heavy atom. The number of carbonyl (C=O) groups is 1. The van der Waals surface area contributed by atoms with Crippen LogP contribution in [0.1, 0.15) is 45.2 Å². The van der Waals surface area contributed by atoms with Crippen LogP contribution in [0.2, 0.25) is 0 Å². The van der Waals surface area contributed by atoms with E-state index in [1.54, 1.807) is 30.0 Å². The Bertz CT molecular complexity index is 1310. The first-order valence-corrected chi connectivity index (χ1v) is 11.4. The van der Waals surface area contributed by atoms with Crippen molar-refractivity contribution in [1.29, 1.82) is 0 Å². The van der Waals surface area contributed by atoms with Gasteiger partial charge in [0.25, 0.3) is 0 Å². The third-order valence-corrected chi connectivity index (χ3v) is 6.24. The molecule has 176 valence electrons. The largest absolute Gasteiger partial charge is 0.508 e. The van der Waals surface area contributed by atoms with Crippen LogP contribution in [-0.4, -0.2) is 39.4 Å². The molecule has 1 aromatic heterocycles. The maximum Gasteiger partial charge on any atom is 0.226 e. The summed E-state index contributed by atoms with van der Waals surface area (Å²) in [4.78, 5) is 18.2. The highest BCUT2D eigenvalue weighted by molar-refractivity contribution is 6.00. The van der Waals surface area contributed by atoms with Crippen LogP contribution in [0.3, 0.4) is 0 Å². The molecule has 0 saturated carbocycles. The number of anilines is 1. The first kappa shape index (κ1) is 22.0. The number of hydrogen-bond donors (Lipinski definition) is 2. The summed E-state index contributed by atoms with van der Waals surface area (Å²) in [5.74, 6) is 2.50. The summed E-state index contributed by atoms with van der Waals surface area (Å²) in [6.45, 7) is 6.64. The van der Waals surface area contributed by atoms with Crippen molar-refractivity contribution in [2.24, 2.45) is 5.41 Å². The monoisotopic (exact) mass is 460 g/mol. The van der Waals surface area contributed by atoms with Gasteiger partial charge in [0.15, 0.2) is 23.1 Å². The lowest BCUT2D eigenvalue weighted by Crippen LogP contribution is -2.36. The summed E-state index contributed by atoms with van der Waals surface area (Å²) in [5.41, 5.74) is 2.97. The first-order chi connectivity index (χ1) is 16.3. The zero-order valence-corrected chi connectivity index (χ0v) is 19.8. The van der Waals surface area contributed by atoms with Gasteiger partial charge >= 0.3 is 0 Å².